The number of nitrogens with zero attached hydrogens (tertiary/aromatic N) is 2. The maximum absolute atomic E-state index is 12.3. The Morgan fingerprint density at radius 1 is 1.04 bits per heavy atom. The summed E-state index contributed by atoms with van der Waals surface area (Å²) in [6, 6.07) is 16.0. The number of amides is 1. The molecule has 0 fully saturated rings. The fraction of sp³-hybridized carbons (Fsp3) is 0.227. The molecule has 0 aliphatic carbocycles. The number of carbonyl (C=O) groups is 1. The smallest absolute Gasteiger partial charge is 0.254 e. The van der Waals surface area contributed by atoms with Crippen LogP contribution in [0.5, 0.6) is 5.75 Å². The van der Waals surface area contributed by atoms with E-state index in [4.69, 9.17) is 4.74 Å². The van der Waals surface area contributed by atoms with Crippen LogP contribution < -0.4 is 15.4 Å². The Kier molecular flexibility index (Phi) is 6.57. The van der Waals surface area contributed by atoms with E-state index in [1.165, 1.54) is 23.5 Å². The molecule has 3 rings (SSSR count). The van der Waals surface area contributed by atoms with Gasteiger partial charge in [0.1, 0.15) is 5.75 Å². The van der Waals surface area contributed by atoms with E-state index in [1.54, 1.807) is 7.11 Å². The van der Waals surface area contributed by atoms with Crippen LogP contribution in [0.25, 0.3) is 0 Å². The van der Waals surface area contributed by atoms with Crippen molar-refractivity contribution in [3.63, 3.8) is 0 Å². The molecular formula is C22H24N4O2. The Labute approximate surface area is 165 Å². The Balaban J connectivity index is 1.48. The van der Waals surface area contributed by atoms with E-state index in [1.807, 2.05) is 55.5 Å². The third kappa shape index (κ3) is 5.54. The molecule has 1 heterocycles. The van der Waals surface area contributed by atoms with Gasteiger partial charge in [-0.05, 0) is 36.6 Å². The van der Waals surface area contributed by atoms with Gasteiger partial charge < -0.3 is 15.4 Å². The van der Waals surface area contributed by atoms with Crippen molar-refractivity contribution in [2.24, 2.45) is 0 Å². The molecule has 0 aliphatic rings. The zero-order valence-electron chi connectivity index (χ0n) is 16.1. The number of ether oxygens (including phenoxy) is 1. The summed E-state index contributed by atoms with van der Waals surface area (Å²) < 4.78 is 5.23. The molecule has 0 saturated carbocycles. The van der Waals surface area contributed by atoms with E-state index in [0.717, 1.165) is 17.7 Å². The molecule has 0 atom stereocenters. The van der Waals surface area contributed by atoms with Gasteiger partial charge in [0.15, 0.2) is 0 Å². The molecule has 0 unspecified atom stereocenters. The van der Waals surface area contributed by atoms with Crippen molar-refractivity contribution in [1.29, 1.82) is 0 Å². The van der Waals surface area contributed by atoms with Crippen molar-refractivity contribution >= 4 is 11.9 Å². The molecule has 1 aromatic heterocycles. The third-order valence-electron chi connectivity index (χ3n) is 4.28. The SMILES string of the molecule is COc1cccc(CCNc2ncc(C(=O)NCc3cccc(C)c3)cn2)c1. The molecule has 0 bridgehead atoms. The van der Waals surface area contributed by atoms with Crippen LogP contribution in [0.2, 0.25) is 0 Å². The number of nitrogens with one attached hydrogen (secondary N) is 2. The zero-order chi connectivity index (χ0) is 19.8. The lowest BCUT2D eigenvalue weighted by molar-refractivity contribution is 0.0950. The number of methoxy groups -OCH3 is 1. The van der Waals surface area contributed by atoms with Gasteiger partial charge in [0.25, 0.3) is 5.91 Å². The van der Waals surface area contributed by atoms with Crippen molar-refractivity contribution in [1.82, 2.24) is 15.3 Å². The Hall–Kier alpha value is -3.41. The van der Waals surface area contributed by atoms with E-state index in [-0.39, 0.29) is 5.91 Å². The minimum atomic E-state index is -0.190. The molecule has 0 radical (unpaired) electrons. The van der Waals surface area contributed by atoms with Crippen LogP contribution in [0.4, 0.5) is 5.95 Å². The molecule has 144 valence electrons. The van der Waals surface area contributed by atoms with Crippen LogP contribution in [0, 0.1) is 6.92 Å². The van der Waals surface area contributed by atoms with E-state index in [0.29, 0.717) is 24.6 Å². The molecule has 0 spiro atoms. The van der Waals surface area contributed by atoms with Gasteiger partial charge in [0.05, 0.1) is 12.7 Å². The monoisotopic (exact) mass is 376 g/mol. The predicted molar refractivity (Wildman–Crippen MR) is 110 cm³/mol. The summed E-state index contributed by atoms with van der Waals surface area (Å²) in [7, 11) is 1.66. The fourth-order valence-electron chi connectivity index (χ4n) is 2.79. The maximum Gasteiger partial charge on any atom is 0.254 e. The first kappa shape index (κ1) is 19.4. The number of aryl methyl sites for hydroxylation is 1. The Morgan fingerprint density at radius 2 is 1.79 bits per heavy atom. The van der Waals surface area contributed by atoms with Gasteiger partial charge in [-0.3, -0.25) is 4.79 Å². The molecule has 3 aromatic rings. The number of aromatic nitrogens is 2. The summed E-state index contributed by atoms with van der Waals surface area (Å²) in [5, 5.41) is 6.05. The molecule has 0 aliphatic heterocycles. The largest absolute Gasteiger partial charge is 0.497 e. The number of benzene rings is 2. The standard InChI is InChI=1S/C22H24N4O2/c1-16-5-3-7-18(11-16)13-24-21(27)19-14-25-22(26-15-19)23-10-9-17-6-4-8-20(12-17)28-2/h3-8,11-12,14-15H,9-10,13H2,1-2H3,(H,24,27)(H,23,25,26). The van der Waals surface area contributed by atoms with Gasteiger partial charge in [-0.1, -0.05) is 42.0 Å². The van der Waals surface area contributed by atoms with Crippen molar-refractivity contribution in [2.45, 2.75) is 19.9 Å². The third-order valence-corrected chi connectivity index (χ3v) is 4.28. The van der Waals surface area contributed by atoms with E-state index in [2.05, 4.69) is 20.6 Å². The second-order valence-electron chi connectivity index (χ2n) is 6.50. The highest BCUT2D eigenvalue weighted by Crippen LogP contribution is 2.13. The molecule has 6 heteroatoms. The fourth-order valence-corrected chi connectivity index (χ4v) is 2.79. The lowest BCUT2D eigenvalue weighted by atomic mass is 10.1. The minimum absolute atomic E-state index is 0.190. The summed E-state index contributed by atoms with van der Waals surface area (Å²) in [5.41, 5.74) is 3.83. The molecular weight excluding hydrogens is 352 g/mol. The molecule has 28 heavy (non-hydrogen) atoms. The van der Waals surface area contributed by atoms with Crippen LogP contribution in [-0.4, -0.2) is 29.5 Å². The van der Waals surface area contributed by atoms with Crippen LogP contribution in [0.15, 0.2) is 60.9 Å². The van der Waals surface area contributed by atoms with Crippen molar-refractivity contribution in [2.75, 3.05) is 19.0 Å². The lowest BCUT2D eigenvalue weighted by Crippen LogP contribution is -2.23. The normalized spacial score (nSPS) is 10.4. The van der Waals surface area contributed by atoms with Crippen LogP contribution in [0.1, 0.15) is 27.0 Å². The van der Waals surface area contributed by atoms with Crippen LogP contribution in [-0.2, 0) is 13.0 Å². The summed E-state index contributed by atoms with van der Waals surface area (Å²) in [6.07, 6.45) is 3.89. The minimum Gasteiger partial charge on any atom is -0.497 e. The Bertz CT molecular complexity index is 926. The topological polar surface area (TPSA) is 76.1 Å². The lowest BCUT2D eigenvalue weighted by Gasteiger charge is -2.08. The molecule has 2 N–H and O–H groups in total. The van der Waals surface area contributed by atoms with E-state index in [9.17, 15) is 4.79 Å². The summed E-state index contributed by atoms with van der Waals surface area (Å²) >= 11 is 0. The highest BCUT2D eigenvalue weighted by molar-refractivity contribution is 5.93. The number of anilines is 1. The van der Waals surface area contributed by atoms with Crippen molar-refractivity contribution in [3.05, 3.63) is 83.2 Å². The number of rotatable bonds is 8. The Morgan fingerprint density at radius 3 is 2.54 bits per heavy atom. The van der Waals surface area contributed by atoms with Crippen LogP contribution in [0.3, 0.4) is 0 Å². The first-order chi connectivity index (χ1) is 13.6. The predicted octanol–water partition coefficient (Wildman–Crippen LogP) is 3.38. The number of hydrogen-bond acceptors (Lipinski definition) is 5. The van der Waals surface area contributed by atoms with Gasteiger partial charge >= 0.3 is 0 Å². The maximum atomic E-state index is 12.3. The van der Waals surface area contributed by atoms with Crippen molar-refractivity contribution < 1.29 is 9.53 Å². The van der Waals surface area contributed by atoms with E-state index >= 15 is 0 Å². The second-order valence-corrected chi connectivity index (χ2v) is 6.50. The van der Waals surface area contributed by atoms with Crippen molar-refractivity contribution in [3.8, 4) is 5.75 Å². The zero-order valence-corrected chi connectivity index (χ0v) is 16.1. The van der Waals surface area contributed by atoms with Gasteiger partial charge in [-0.25, -0.2) is 9.97 Å². The highest BCUT2D eigenvalue weighted by Gasteiger charge is 2.07. The molecule has 2 aromatic carbocycles. The average Bonchev–Trinajstić information content (AvgIpc) is 2.73. The number of hydrogen-bond donors (Lipinski definition) is 2. The summed E-state index contributed by atoms with van der Waals surface area (Å²) in [4.78, 5) is 20.7. The molecule has 1 amide bonds. The van der Waals surface area contributed by atoms with E-state index < -0.39 is 0 Å². The van der Waals surface area contributed by atoms with Crippen LogP contribution >= 0.6 is 0 Å². The first-order valence-corrected chi connectivity index (χ1v) is 9.16. The van der Waals surface area contributed by atoms with Gasteiger partial charge in [0, 0.05) is 25.5 Å². The average molecular weight is 376 g/mol. The molecule has 6 nitrogen and oxygen atoms in total. The molecule has 0 saturated heterocycles. The first-order valence-electron chi connectivity index (χ1n) is 9.16. The number of carbonyl (C=O) groups excluding carboxylic acids is 1. The highest BCUT2D eigenvalue weighted by atomic mass is 16.5. The van der Waals surface area contributed by atoms with Gasteiger partial charge in [-0.2, -0.15) is 0 Å². The quantitative estimate of drug-likeness (QED) is 0.630. The second kappa shape index (κ2) is 9.50. The summed E-state index contributed by atoms with van der Waals surface area (Å²) in [6.45, 7) is 3.19. The van der Waals surface area contributed by atoms with Gasteiger partial charge in [0.2, 0.25) is 5.95 Å². The summed E-state index contributed by atoms with van der Waals surface area (Å²) in [5.74, 6) is 1.15. The van der Waals surface area contributed by atoms with Gasteiger partial charge in [-0.15, -0.1) is 0 Å².